The summed E-state index contributed by atoms with van der Waals surface area (Å²) in [6.45, 7) is 4.04. The van der Waals surface area contributed by atoms with Crippen LogP contribution < -0.4 is 5.32 Å². The zero-order valence-electron chi connectivity index (χ0n) is 9.53. The fourth-order valence-electron chi connectivity index (χ4n) is 1.18. The van der Waals surface area contributed by atoms with Gasteiger partial charge in [0.1, 0.15) is 0 Å². The number of halogens is 1. The molecule has 0 heterocycles. The highest BCUT2D eigenvalue weighted by Gasteiger charge is 2.00. The molecule has 0 aliphatic heterocycles. The lowest BCUT2D eigenvalue weighted by atomic mass is 10.2. The Kier molecular flexibility index (Phi) is 5.26. The lowest BCUT2D eigenvalue weighted by molar-refractivity contribution is -0.117. The normalized spacial score (nSPS) is 12.7. The largest absolute Gasteiger partial charge is 0.350 e. The van der Waals surface area contributed by atoms with Crippen LogP contribution in [0.5, 0.6) is 0 Å². The maximum atomic E-state index is 11.5. The molecule has 0 fully saturated rings. The molecule has 0 bridgehead atoms. The Hall–Kier alpha value is -1.09. The van der Waals surface area contributed by atoms with Gasteiger partial charge in [-0.3, -0.25) is 4.79 Å². The van der Waals surface area contributed by atoms with E-state index in [0.717, 1.165) is 16.5 Å². The molecular formula is C13H16BrNO. The molecule has 0 saturated heterocycles. The molecule has 1 atom stereocenters. The van der Waals surface area contributed by atoms with Crippen molar-refractivity contribution in [3.8, 4) is 0 Å². The average molecular weight is 282 g/mol. The molecule has 0 saturated carbocycles. The molecule has 3 heteroatoms. The van der Waals surface area contributed by atoms with Gasteiger partial charge in [-0.05, 0) is 37.1 Å². The highest BCUT2D eigenvalue weighted by atomic mass is 79.9. The smallest absolute Gasteiger partial charge is 0.244 e. The van der Waals surface area contributed by atoms with E-state index in [0.29, 0.717) is 0 Å². The summed E-state index contributed by atoms with van der Waals surface area (Å²) < 4.78 is 1.01. The van der Waals surface area contributed by atoms with Crippen LogP contribution in [0, 0.1) is 0 Å². The number of nitrogens with one attached hydrogen (secondary N) is 1. The zero-order chi connectivity index (χ0) is 12.0. The number of benzene rings is 1. The number of hydrogen-bond donors (Lipinski definition) is 1. The van der Waals surface area contributed by atoms with Gasteiger partial charge in [-0.25, -0.2) is 0 Å². The third-order valence-electron chi connectivity index (χ3n) is 2.28. The number of hydrogen-bond acceptors (Lipinski definition) is 1. The van der Waals surface area contributed by atoms with Crippen LogP contribution in [0.1, 0.15) is 25.8 Å². The molecule has 0 spiro atoms. The maximum Gasteiger partial charge on any atom is 0.244 e. The summed E-state index contributed by atoms with van der Waals surface area (Å²) in [6.07, 6.45) is 4.31. The average Bonchev–Trinajstić information content (AvgIpc) is 2.26. The van der Waals surface area contributed by atoms with E-state index in [9.17, 15) is 4.79 Å². The van der Waals surface area contributed by atoms with Crippen molar-refractivity contribution in [1.29, 1.82) is 0 Å². The van der Waals surface area contributed by atoms with Gasteiger partial charge in [-0.2, -0.15) is 0 Å². The fourth-order valence-corrected chi connectivity index (χ4v) is 1.59. The zero-order valence-corrected chi connectivity index (χ0v) is 11.1. The molecule has 1 rings (SSSR count). The molecule has 1 amide bonds. The minimum atomic E-state index is -0.0469. The van der Waals surface area contributed by atoms with Gasteiger partial charge < -0.3 is 5.32 Å². The van der Waals surface area contributed by atoms with Crippen molar-refractivity contribution in [2.24, 2.45) is 0 Å². The van der Waals surface area contributed by atoms with Crippen LogP contribution in [-0.4, -0.2) is 11.9 Å². The van der Waals surface area contributed by atoms with Gasteiger partial charge in [-0.1, -0.05) is 35.0 Å². The summed E-state index contributed by atoms with van der Waals surface area (Å²) in [6, 6.07) is 8.04. The van der Waals surface area contributed by atoms with Crippen molar-refractivity contribution < 1.29 is 4.79 Å². The Morgan fingerprint density at radius 3 is 2.94 bits per heavy atom. The first-order chi connectivity index (χ1) is 7.61. The monoisotopic (exact) mass is 281 g/mol. The number of carbonyl (C=O) groups is 1. The highest BCUT2D eigenvalue weighted by molar-refractivity contribution is 9.10. The van der Waals surface area contributed by atoms with Crippen LogP contribution in [0.4, 0.5) is 0 Å². The lowest BCUT2D eigenvalue weighted by Gasteiger charge is -2.08. The van der Waals surface area contributed by atoms with Crippen molar-refractivity contribution in [1.82, 2.24) is 5.32 Å². The maximum absolute atomic E-state index is 11.5. The van der Waals surface area contributed by atoms with Gasteiger partial charge in [0.25, 0.3) is 0 Å². The molecule has 1 N–H and O–H groups in total. The molecule has 0 aliphatic carbocycles. The van der Waals surface area contributed by atoms with Crippen LogP contribution >= 0.6 is 15.9 Å². The fraction of sp³-hybridized carbons (Fsp3) is 0.308. The van der Waals surface area contributed by atoms with E-state index in [1.807, 2.05) is 44.2 Å². The Balaban J connectivity index is 2.56. The summed E-state index contributed by atoms with van der Waals surface area (Å²) in [5, 5.41) is 2.88. The lowest BCUT2D eigenvalue weighted by Crippen LogP contribution is -2.30. The predicted molar refractivity (Wildman–Crippen MR) is 71.1 cm³/mol. The van der Waals surface area contributed by atoms with E-state index in [4.69, 9.17) is 0 Å². The molecule has 86 valence electrons. The third-order valence-corrected chi connectivity index (χ3v) is 2.77. The van der Waals surface area contributed by atoms with Crippen LogP contribution in [0.25, 0.3) is 6.08 Å². The van der Waals surface area contributed by atoms with Gasteiger partial charge in [0.05, 0.1) is 0 Å². The van der Waals surface area contributed by atoms with Gasteiger partial charge in [0, 0.05) is 16.6 Å². The first-order valence-electron chi connectivity index (χ1n) is 5.36. The van der Waals surface area contributed by atoms with Gasteiger partial charge in [0.2, 0.25) is 5.91 Å². The standard InChI is InChI=1S/C13H16BrNO/c1-3-10(2)15-13(16)8-7-11-5-4-6-12(14)9-11/h4-10H,3H2,1-2H3,(H,15,16)/b8-7-/t10-/m1/s1. The SMILES string of the molecule is CC[C@@H](C)NC(=O)/C=C\c1cccc(Br)c1. The van der Waals surface area contributed by atoms with E-state index < -0.39 is 0 Å². The number of amides is 1. The molecular weight excluding hydrogens is 266 g/mol. The van der Waals surface area contributed by atoms with Gasteiger partial charge in [0.15, 0.2) is 0 Å². The molecule has 0 aromatic heterocycles. The quantitative estimate of drug-likeness (QED) is 0.843. The minimum Gasteiger partial charge on any atom is -0.350 e. The van der Waals surface area contributed by atoms with Crippen molar-refractivity contribution in [3.05, 3.63) is 40.4 Å². The Labute approximate surface area is 105 Å². The highest BCUT2D eigenvalue weighted by Crippen LogP contribution is 2.12. The predicted octanol–water partition coefficient (Wildman–Crippen LogP) is 3.38. The topological polar surface area (TPSA) is 29.1 Å². The molecule has 0 aliphatic rings. The minimum absolute atomic E-state index is 0.0469. The third kappa shape index (κ3) is 4.62. The van der Waals surface area contributed by atoms with E-state index in [2.05, 4.69) is 21.2 Å². The summed E-state index contributed by atoms with van der Waals surface area (Å²) >= 11 is 3.39. The van der Waals surface area contributed by atoms with Crippen LogP contribution in [0.15, 0.2) is 34.8 Å². The number of rotatable bonds is 4. The summed E-state index contributed by atoms with van der Waals surface area (Å²) in [7, 11) is 0. The summed E-state index contributed by atoms with van der Waals surface area (Å²) in [4.78, 5) is 11.5. The first kappa shape index (κ1) is 13.0. The van der Waals surface area contributed by atoms with E-state index in [1.54, 1.807) is 6.08 Å². The van der Waals surface area contributed by atoms with E-state index in [-0.39, 0.29) is 11.9 Å². The molecule has 0 unspecified atom stereocenters. The van der Waals surface area contributed by atoms with Crippen molar-refractivity contribution in [2.45, 2.75) is 26.3 Å². The second-order valence-corrected chi connectivity index (χ2v) is 4.62. The molecule has 0 radical (unpaired) electrons. The van der Waals surface area contributed by atoms with Gasteiger partial charge in [-0.15, -0.1) is 0 Å². The van der Waals surface area contributed by atoms with Crippen LogP contribution in [0.3, 0.4) is 0 Å². The van der Waals surface area contributed by atoms with Crippen molar-refractivity contribution >= 4 is 27.9 Å². The van der Waals surface area contributed by atoms with Crippen LogP contribution in [0.2, 0.25) is 0 Å². The van der Waals surface area contributed by atoms with E-state index >= 15 is 0 Å². The second-order valence-electron chi connectivity index (χ2n) is 3.71. The van der Waals surface area contributed by atoms with Crippen molar-refractivity contribution in [3.63, 3.8) is 0 Å². The van der Waals surface area contributed by atoms with Crippen molar-refractivity contribution in [2.75, 3.05) is 0 Å². The molecule has 1 aromatic carbocycles. The summed E-state index contributed by atoms with van der Waals surface area (Å²) in [5.41, 5.74) is 1.01. The molecule has 2 nitrogen and oxygen atoms in total. The molecule has 1 aromatic rings. The van der Waals surface area contributed by atoms with Gasteiger partial charge >= 0.3 is 0 Å². The number of carbonyl (C=O) groups excluding carboxylic acids is 1. The summed E-state index contributed by atoms with van der Waals surface area (Å²) in [5.74, 6) is -0.0469. The first-order valence-corrected chi connectivity index (χ1v) is 6.15. The molecule has 16 heavy (non-hydrogen) atoms. The Bertz CT molecular complexity index is 387. The second kappa shape index (κ2) is 6.48. The van der Waals surface area contributed by atoms with Crippen LogP contribution in [-0.2, 0) is 4.79 Å². The van der Waals surface area contributed by atoms with E-state index in [1.165, 1.54) is 0 Å². The Morgan fingerprint density at radius 2 is 2.31 bits per heavy atom. The Morgan fingerprint density at radius 1 is 1.56 bits per heavy atom.